The van der Waals surface area contributed by atoms with Gasteiger partial charge in [0.25, 0.3) is 0 Å². The first-order valence-corrected chi connectivity index (χ1v) is 13.1. The number of aryl methyl sites for hydroxylation is 2. The third-order valence-corrected chi connectivity index (χ3v) is 8.54. The Kier molecular flexibility index (Phi) is 5.56. The maximum atomic E-state index is 13.3. The number of rotatable bonds is 5. The van der Waals surface area contributed by atoms with Gasteiger partial charge < -0.3 is 19.7 Å². The first-order valence-electron chi connectivity index (χ1n) is 12.2. The van der Waals surface area contributed by atoms with Crippen molar-refractivity contribution in [1.29, 1.82) is 0 Å². The highest BCUT2D eigenvalue weighted by Crippen LogP contribution is 2.44. The molecule has 34 heavy (non-hydrogen) atoms. The number of anilines is 1. The Balaban J connectivity index is 1.14. The van der Waals surface area contributed by atoms with E-state index in [1.54, 1.807) is 17.7 Å². The van der Waals surface area contributed by atoms with Gasteiger partial charge >= 0.3 is 0 Å². The van der Waals surface area contributed by atoms with Gasteiger partial charge in [-0.2, -0.15) is 0 Å². The minimum Gasteiger partial charge on any atom is -0.486 e. The fourth-order valence-electron chi connectivity index (χ4n) is 5.18. The van der Waals surface area contributed by atoms with Crippen molar-refractivity contribution in [3.05, 3.63) is 40.5 Å². The van der Waals surface area contributed by atoms with Crippen molar-refractivity contribution >= 4 is 33.3 Å². The largest absolute Gasteiger partial charge is 0.486 e. The summed E-state index contributed by atoms with van der Waals surface area (Å²) in [6.07, 6.45) is 5.64. The van der Waals surface area contributed by atoms with Gasteiger partial charge in [-0.25, -0.2) is 9.97 Å². The van der Waals surface area contributed by atoms with E-state index >= 15 is 0 Å². The standard InChI is InChI=1S/C26H30N4O3S/c1-15-16(2)34-26-22(15)24(27-14-28-26)30-9-7-18(8-10-30)25(31)29-23(17-3-4-17)19-5-6-20-21(13-19)33-12-11-32-20/h5-6,13-14,17-18,23H,3-4,7-12H2,1-2H3,(H,29,31). The number of benzene rings is 1. The van der Waals surface area contributed by atoms with E-state index < -0.39 is 0 Å². The second kappa shape index (κ2) is 8.73. The number of nitrogens with one attached hydrogen (secondary N) is 1. The number of amides is 1. The molecule has 1 amide bonds. The summed E-state index contributed by atoms with van der Waals surface area (Å²) in [6, 6.07) is 6.14. The quantitative estimate of drug-likeness (QED) is 0.579. The van der Waals surface area contributed by atoms with Crippen LogP contribution in [0.5, 0.6) is 11.5 Å². The molecule has 1 atom stereocenters. The molecule has 1 N–H and O–H groups in total. The molecule has 3 aliphatic rings. The summed E-state index contributed by atoms with van der Waals surface area (Å²) < 4.78 is 11.4. The predicted molar refractivity (Wildman–Crippen MR) is 133 cm³/mol. The fraction of sp³-hybridized carbons (Fsp3) is 0.500. The van der Waals surface area contributed by atoms with Crippen molar-refractivity contribution in [3.8, 4) is 11.5 Å². The van der Waals surface area contributed by atoms with Crippen LogP contribution in [0.2, 0.25) is 0 Å². The average molecular weight is 479 g/mol. The van der Waals surface area contributed by atoms with Gasteiger partial charge in [0.2, 0.25) is 5.91 Å². The highest BCUT2D eigenvalue weighted by Gasteiger charge is 2.36. The minimum atomic E-state index is 0.0253. The second-order valence-corrected chi connectivity index (χ2v) is 10.9. The molecule has 0 spiro atoms. The van der Waals surface area contributed by atoms with Gasteiger partial charge in [-0.05, 0) is 68.7 Å². The van der Waals surface area contributed by atoms with Crippen LogP contribution >= 0.6 is 11.3 Å². The van der Waals surface area contributed by atoms with E-state index in [1.807, 2.05) is 12.1 Å². The summed E-state index contributed by atoms with van der Waals surface area (Å²) in [5.74, 6) is 3.29. The Morgan fingerprint density at radius 3 is 2.62 bits per heavy atom. The molecule has 8 heteroatoms. The summed E-state index contributed by atoms with van der Waals surface area (Å²) in [6.45, 7) is 7.10. The Morgan fingerprint density at radius 2 is 1.85 bits per heavy atom. The monoisotopic (exact) mass is 478 g/mol. The normalized spacial score (nSPS) is 19.3. The van der Waals surface area contributed by atoms with Crippen LogP contribution in [0.3, 0.4) is 0 Å². The van der Waals surface area contributed by atoms with E-state index in [-0.39, 0.29) is 17.9 Å². The zero-order chi connectivity index (χ0) is 23.2. The zero-order valence-corrected chi connectivity index (χ0v) is 20.5. The molecule has 2 aliphatic heterocycles. The summed E-state index contributed by atoms with van der Waals surface area (Å²) in [5.41, 5.74) is 2.38. The smallest absolute Gasteiger partial charge is 0.223 e. The second-order valence-electron chi connectivity index (χ2n) is 9.65. The van der Waals surface area contributed by atoms with Gasteiger partial charge in [0.1, 0.15) is 30.2 Å². The lowest BCUT2D eigenvalue weighted by Gasteiger charge is -2.33. The highest BCUT2D eigenvalue weighted by molar-refractivity contribution is 7.18. The molecule has 0 bridgehead atoms. The average Bonchev–Trinajstić information content (AvgIpc) is 3.67. The molecule has 2 fully saturated rings. The Hall–Kier alpha value is -2.87. The predicted octanol–water partition coefficient (Wildman–Crippen LogP) is 4.56. The lowest BCUT2D eigenvalue weighted by Crippen LogP contribution is -2.42. The highest BCUT2D eigenvalue weighted by atomic mass is 32.1. The topological polar surface area (TPSA) is 76.6 Å². The first kappa shape index (κ1) is 21.6. The lowest BCUT2D eigenvalue weighted by molar-refractivity contribution is -0.126. The Labute approximate surface area is 203 Å². The SMILES string of the molecule is Cc1sc2ncnc(N3CCC(C(=O)NC(c4ccc5c(c4)OCCO5)C4CC4)CC3)c2c1C. The number of nitrogens with zero attached hydrogens (tertiary/aromatic N) is 3. The van der Waals surface area contributed by atoms with Crippen LogP contribution in [-0.4, -0.2) is 42.2 Å². The van der Waals surface area contributed by atoms with Crippen LogP contribution in [0, 0.1) is 25.7 Å². The van der Waals surface area contributed by atoms with Crippen LogP contribution in [0.4, 0.5) is 5.82 Å². The number of carbonyl (C=O) groups excluding carboxylic acids is 1. The summed E-state index contributed by atoms with van der Waals surface area (Å²) >= 11 is 1.73. The number of thiophene rings is 1. The molecule has 1 unspecified atom stereocenters. The van der Waals surface area contributed by atoms with Gasteiger partial charge in [-0.15, -0.1) is 11.3 Å². The van der Waals surface area contributed by atoms with Crippen LogP contribution in [0.15, 0.2) is 24.5 Å². The van der Waals surface area contributed by atoms with Gasteiger partial charge in [0.15, 0.2) is 11.5 Å². The number of hydrogen-bond acceptors (Lipinski definition) is 7. The minimum absolute atomic E-state index is 0.0253. The lowest BCUT2D eigenvalue weighted by atomic mass is 9.94. The number of piperidine rings is 1. The summed E-state index contributed by atoms with van der Waals surface area (Å²) in [7, 11) is 0. The maximum absolute atomic E-state index is 13.3. The van der Waals surface area contributed by atoms with Crippen LogP contribution in [0.1, 0.15) is 47.7 Å². The molecule has 3 aromatic rings. The molecule has 1 saturated heterocycles. The van der Waals surface area contributed by atoms with Crippen LogP contribution in [0.25, 0.3) is 10.2 Å². The summed E-state index contributed by atoms with van der Waals surface area (Å²) in [5, 5.41) is 4.56. The molecular weight excluding hydrogens is 448 g/mol. The third kappa shape index (κ3) is 3.98. The molecule has 7 nitrogen and oxygen atoms in total. The molecule has 1 aromatic carbocycles. The van der Waals surface area contributed by atoms with E-state index in [1.165, 1.54) is 15.8 Å². The number of aromatic nitrogens is 2. The molecule has 0 radical (unpaired) electrons. The van der Waals surface area contributed by atoms with Crippen molar-refractivity contribution in [3.63, 3.8) is 0 Å². The van der Waals surface area contributed by atoms with Crippen molar-refractivity contribution < 1.29 is 14.3 Å². The summed E-state index contributed by atoms with van der Waals surface area (Å²) in [4.78, 5) is 27.1. The van der Waals surface area contributed by atoms with Crippen molar-refractivity contribution in [2.24, 2.45) is 11.8 Å². The van der Waals surface area contributed by atoms with E-state index in [9.17, 15) is 4.79 Å². The maximum Gasteiger partial charge on any atom is 0.223 e. The Bertz CT molecular complexity index is 1230. The molecule has 1 aliphatic carbocycles. The third-order valence-electron chi connectivity index (χ3n) is 7.43. The van der Waals surface area contributed by atoms with Crippen molar-refractivity contribution in [2.45, 2.75) is 45.6 Å². The Morgan fingerprint density at radius 1 is 1.09 bits per heavy atom. The van der Waals surface area contributed by atoms with Crippen LogP contribution in [-0.2, 0) is 4.79 Å². The first-order chi connectivity index (χ1) is 16.6. The van der Waals surface area contributed by atoms with Crippen LogP contribution < -0.4 is 19.7 Å². The molecule has 178 valence electrons. The van der Waals surface area contributed by atoms with Gasteiger partial charge in [0.05, 0.1) is 11.4 Å². The number of carbonyl (C=O) groups is 1. The van der Waals surface area contributed by atoms with Gasteiger partial charge in [0, 0.05) is 23.9 Å². The van der Waals surface area contributed by atoms with Gasteiger partial charge in [-0.1, -0.05) is 6.07 Å². The molecule has 2 aromatic heterocycles. The zero-order valence-electron chi connectivity index (χ0n) is 19.7. The number of ether oxygens (including phenoxy) is 2. The van der Waals surface area contributed by atoms with Crippen molar-refractivity contribution in [2.75, 3.05) is 31.2 Å². The molecule has 4 heterocycles. The van der Waals surface area contributed by atoms with E-state index in [2.05, 4.69) is 40.1 Å². The molecule has 6 rings (SSSR count). The molecular formula is C26H30N4O3S. The van der Waals surface area contributed by atoms with Crippen molar-refractivity contribution in [1.82, 2.24) is 15.3 Å². The molecule has 1 saturated carbocycles. The fourth-order valence-corrected chi connectivity index (χ4v) is 6.18. The van der Waals surface area contributed by atoms with Gasteiger partial charge in [-0.3, -0.25) is 4.79 Å². The van der Waals surface area contributed by atoms with E-state index in [0.29, 0.717) is 19.1 Å². The number of fused-ring (bicyclic) bond motifs is 2. The van der Waals surface area contributed by atoms with E-state index in [4.69, 9.17) is 9.47 Å². The number of hydrogen-bond donors (Lipinski definition) is 1. The van der Waals surface area contributed by atoms with E-state index in [0.717, 1.165) is 66.5 Å².